The van der Waals surface area contributed by atoms with Gasteiger partial charge in [-0.3, -0.25) is 4.79 Å². The van der Waals surface area contributed by atoms with E-state index in [0.29, 0.717) is 27.8 Å². The lowest BCUT2D eigenvalue weighted by Crippen LogP contribution is -2.12. The summed E-state index contributed by atoms with van der Waals surface area (Å²) >= 11 is 6.03. The summed E-state index contributed by atoms with van der Waals surface area (Å²) < 4.78 is 18.0. The van der Waals surface area contributed by atoms with Crippen molar-refractivity contribution < 1.29 is 13.9 Å². The first kappa shape index (κ1) is 16.9. The topological polar surface area (TPSA) is 64.1 Å². The lowest BCUT2D eigenvalue weighted by Gasteiger charge is -2.08. The molecule has 5 nitrogen and oxygen atoms in total. The number of halogens is 2. The average molecular weight is 358 g/mol. The highest BCUT2D eigenvalue weighted by Gasteiger charge is 2.10. The predicted octanol–water partition coefficient (Wildman–Crippen LogP) is 4.20. The number of hydrogen-bond donors (Lipinski definition) is 1. The van der Waals surface area contributed by atoms with Gasteiger partial charge in [0.05, 0.1) is 17.7 Å². The number of ether oxygens (including phenoxy) is 1. The van der Waals surface area contributed by atoms with Crippen molar-refractivity contribution in [3.63, 3.8) is 0 Å². The molecule has 0 aliphatic carbocycles. The summed E-state index contributed by atoms with van der Waals surface area (Å²) in [5, 5.41) is 3.10. The number of nitrogens with zero attached hydrogens (tertiary/aromatic N) is 2. The fraction of sp³-hybridized carbons (Fsp3) is 0.0556. The first-order valence-electron chi connectivity index (χ1n) is 7.29. The molecule has 1 aromatic heterocycles. The summed E-state index contributed by atoms with van der Waals surface area (Å²) in [5.41, 5.74) is 1.48. The summed E-state index contributed by atoms with van der Waals surface area (Å²) in [6.45, 7) is 0. The summed E-state index contributed by atoms with van der Waals surface area (Å²) in [4.78, 5) is 20.5. The Hall–Kier alpha value is -2.99. The second-order valence-electron chi connectivity index (χ2n) is 5.11. The zero-order valence-electron chi connectivity index (χ0n) is 13.2. The molecule has 1 amide bonds. The van der Waals surface area contributed by atoms with Crippen LogP contribution in [0.5, 0.6) is 5.75 Å². The van der Waals surface area contributed by atoms with Crippen LogP contribution in [0, 0.1) is 5.82 Å². The zero-order chi connectivity index (χ0) is 17.8. The maximum absolute atomic E-state index is 12.9. The molecule has 0 unspecified atom stereocenters. The molecule has 0 radical (unpaired) electrons. The Morgan fingerprint density at radius 2 is 1.80 bits per heavy atom. The van der Waals surface area contributed by atoms with Crippen molar-refractivity contribution in [1.29, 1.82) is 0 Å². The van der Waals surface area contributed by atoms with E-state index in [4.69, 9.17) is 16.3 Å². The van der Waals surface area contributed by atoms with Gasteiger partial charge in [-0.05, 0) is 42.5 Å². The molecule has 0 saturated carbocycles. The van der Waals surface area contributed by atoms with Gasteiger partial charge in [0.15, 0.2) is 5.82 Å². The van der Waals surface area contributed by atoms with E-state index in [1.807, 2.05) is 0 Å². The minimum Gasteiger partial charge on any atom is -0.495 e. The van der Waals surface area contributed by atoms with Crippen LogP contribution in [0.25, 0.3) is 11.4 Å². The minimum absolute atomic E-state index is 0.290. The first-order valence-corrected chi connectivity index (χ1v) is 7.67. The van der Waals surface area contributed by atoms with E-state index in [2.05, 4.69) is 15.3 Å². The minimum atomic E-state index is -0.369. The van der Waals surface area contributed by atoms with Gasteiger partial charge in [0.2, 0.25) is 0 Å². The molecular weight excluding hydrogens is 345 g/mol. The van der Waals surface area contributed by atoms with Gasteiger partial charge in [0.25, 0.3) is 5.91 Å². The molecule has 0 spiro atoms. The van der Waals surface area contributed by atoms with Gasteiger partial charge in [-0.1, -0.05) is 11.6 Å². The second-order valence-corrected chi connectivity index (χ2v) is 5.51. The van der Waals surface area contributed by atoms with Crippen molar-refractivity contribution in [3.8, 4) is 17.1 Å². The number of aromatic nitrogens is 2. The molecular formula is C18H13ClFN3O2. The van der Waals surface area contributed by atoms with Crippen molar-refractivity contribution in [2.75, 3.05) is 12.4 Å². The number of amides is 1. The maximum atomic E-state index is 12.9. The van der Waals surface area contributed by atoms with Crippen LogP contribution < -0.4 is 10.1 Å². The SMILES string of the molecule is COc1ccc(NC(=O)c2cnc(-c3ccc(F)cc3)nc2)cc1Cl. The van der Waals surface area contributed by atoms with Gasteiger partial charge >= 0.3 is 0 Å². The molecule has 1 heterocycles. The van der Waals surface area contributed by atoms with Crippen LogP contribution >= 0.6 is 11.6 Å². The van der Waals surface area contributed by atoms with Crippen LogP contribution in [-0.2, 0) is 0 Å². The smallest absolute Gasteiger partial charge is 0.258 e. The van der Waals surface area contributed by atoms with Gasteiger partial charge in [0.1, 0.15) is 11.6 Å². The Bertz CT molecular complexity index is 899. The lowest BCUT2D eigenvalue weighted by molar-refractivity contribution is 0.102. The molecule has 0 saturated heterocycles. The molecule has 0 atom stereocenters. The summed E-state index contributed by atoms with van der Waals surface area (Å²) in [6.07, 6.45) is 2.82. The van der Waals surface area contributed by atoms with Crippen molar-refractivity contribution in [1.82, 2.24) is 9.97 Å². The van der Waals surface area contributed by atoms with Gasteiger partial charge in [-0.25, -0.2) is 14.4 Å². The number of carbonyl (C=O) groups excluding carboxylic acids is 1. The van der Waals surface area contributed by atoms with Gasteiger partial charge in [0, 0.05) is 23.6 Å². The molecule has 7 heteroatoms. The molecule has 2 aromatic carbocycles. The highest BCUT2D eigenvalue weighted by molar-refractivity contribution is 6.32. The Kier molecular flexibility index (Phi) is 4.90. The van der Waals surface area contributed by atoms with E-state index in [0.717, 1.165) is 0 Å². The standard InChI is InChI=1S/C18H13ClFN3O2/c1-25-16-7-6-14(8-15(16)19)23-18(24)12-9-21-17(22-10-12)11-2-4-13(20)5-3-11/h2-10H,1H3,(H,23,24). The van der Waals surface area contributed by atoms with E-state index in [1.165, 1.54) is 31.6 Å². The molecule has 0 fully saturated rings. The van der Waals surface area contributed by atoms with Crippen LogP contribution in [0.1, 0.15) is 10.4 Å². The lowest BCUT2D eigenvalue weighted by atomic mass is 10.2. The third-order valence-corrected chi connectivity index (χ3v) is 3.72. The van der Waals surface area contributed by atoms with Crippen LogP contribution in [0.4, 0.5) is 10.1 Å². The molecule has 3 aromatic rings. The average Bonchev–Trinajstić information content (AvgIpc) is 2.63. The number of methoxy groups -OCH3 is 1. The van der Waals surface area contributed by atoms with Crippen LogP contribution in [0.2, 0.25) is 5.02 Å². The van der Waals surface area contributed by atoms with Gasteiger partial charge in [-0.15, -0.1) is 0 Å². The third kappa shape index (κ3) is 3.92. The van der Waals surface area contributed by atoms with E-state index in [1.54, 1.807) is 30.3 Å². The van der Waals surface area contributed by atoms with E-state index in [-0.39, 0.29) is 17.3 Å². The number of anilines is 1. The number of rotatable bonds is 4. The van der Waals surface area contributed by atoms with E-state index < -0.39 is 0 Å². The van der Waals surface area contributed by atoms with Gasteiger partial charge < -0.3 is 10.1 Å². The number of hydrogen-bond acceptors (Lipinski definition) is 4. The molecule has 0 aliphatic rings. The predicted molar refractivity (Wildman–Crippen MR) is 93.4 cm³/mol. The Morgan fingerprint density at radius 1 is 1.12 bits per heavy atom. The van der Waals surface area contributed by atoms with Crippen molar-refractivity contribution in [2.24, 2.45) is 0 Å². The third-order valence-electron chi connectivity index (χ3n) is 3.43. The normalized spacial score (nSPS) is 10.4. The molecule has 0 aliphatic heterocycles. The molecule has 25 heavy (non-hydrogen) atoms. The maximum Gasteiger partial charge on any atom is 0.258 e. The quantitative estimate of drug-likeness (QED) is 0.760. The zero-order valence-corrected chi connectivity index (χ0v) is 13.9. The van der Waals surface area contributed by atoms with E-state index in [9.17, 15) is 9.18 Å². The Labute approximate surface area is 148 Å². The Balaban J connectivity index is 1.74. The highest BCUT2D eigenvalue weighted by atomic mass is 35.5. The number of benzene rings is 2. The second kappa shape index (κ2) is 7.27. The number of nitrogens with one attached hydrogen (secondary N) is 1. The summed E-state index contributed by atoms with van der Waals surface area (Å²) in [5.74, 6) is 0.223. The monoisotopic (exact) mass is 357 g/mol. The highest BCUT2D eigenvalue weighted by Crippen LogP contribution is 2.27. The fourth-order valence-corrected chi connectivity index (χ4v) is 2.40. The summed E-state index contributed by atoms with van der Waals surface area (Å²) in [7, 11) is 1.51. The van der Waals surface area contributed by atoms with Gasteiger partial charge in [-0.2, -0.15) is 0 Å². The largest absolute Gasteiger partial charge is 0.495 e. The fourth-order valence-electron chi connectivity index (χ4n) is 2.14. The molecule has 1 N–H and O–H groups in total. The van der Waals surface area contributed by atoms with Crippen LogP contribution in [0.15, 0.2) is 54.9 Å². The summed E-state index contributed by atoms with van der Waals surface area (Å²) in [6, 6.07) is 10.7. The van der Waals surface area contributed by atoms with Crippen molar-refractivity contribution in [3.05, 3.63) is 71.3 Å². The number of carbonyl (C=O) groups is 1. The van der Waals surface area contributed by atoms with Crippen molar-refractivity contribution in [2.45, 2.75) is 0 Å². The molecule has 0 bridgehead atoms. The Morgan fingerprint density at radius 3 is 2.40 bits per heavy atom. The first-order chi connectivity index (χ1) is 12.1. The van der Waals surface area contributed by atoms with Crippen LogP contribution in [0.3, 0.4) is 0 Å². The van der Waals surface area contributed by atoms with E-state index >= 15 is 0 Å². The van der Waals surface area contributed by atoms with Crippen molar-refractivity contribution >= 4 is 23.2 Å². The molecule has 3 rings (SSSR count). The molecule has 126 valence electrons. The van der Waals surface area contributed by atoms with Crippen LogP contribution in [-0.4, -0.2) is 23.0 Å².